The van der Waals surface area contributed by atoms with E-state index in [9.17, 15) is 15.3 Å². The Kier molecular flexibility index (Phi) is 44.5. The van der Waals surface area contributed by atoms with Crippen LogP contribution in [0.5, 0.6) is 23.0 Å². The van der Waals surface area contributed by atoms with Crippen LogP contribution in [0.2, 0.25) is 0 Å². The monoisotopic (exact) mass is 1350 g/mol. The molecule has 3 aliphatic rings. The topological polar surface area (TPSA) is 79.2 Å². The van der Waals surface area contributed by atoms with Gasteiger partial charge in [0.2, 0.25) is 0 Å². The lowest BCUT2D eigenvalue weighted by molar-refractivity contribution is 0.131. The number of benzene rings is 4. The fourth-order valence-electron chi connectivity index (χ4n) is 15.8. The van der Waals surface area contributed by atoms with Crippen LogP contribution < -0.4 is 4.74 Å². The van der Waals surface area contributed by atoms with Gasteiger partial charge in [0, 0.05) is 7.11 Å². The standard InChI is InChI=1S/C43H80O.C24H36O.C16H26O2.C10H14O/c1-4-6-8-10-12-14-16-18-20-22-24-26-28-30-32-34-36-41-38-40(3)39-42(43(41)44)37-35-33-31-29-27-25-23-21-19-17-15-13-11-9-7-5-2;25-24-22(19-12-6-2-7-13-19)16-21(18-10-4-1-5-11-18)17-23(24)20-14-8-3-9-15-20;1-15(2,3)12-8-11(10-18-7)9-13(14(12)17)16(4,5)6;1-10(2,3)11-9-7-5-4-6-8-9/h38-39,44H,4-37H2,1-3H3;16-20,25H,1-15H2;8-9,17H,10H2,1-7H3;4-8H,1-3H3. The van der Waals surface area contributed by atoms with E-state index >= 15 is 0 Å². The van der Waals surface area contributed by atoms with Gasteiger partial charge in [0.25, 0.3) is 0 Å². The van der Waals surface area contributed by atoms with Gasteiger partial charge in [0.05, 0.1) is 6.61 Å². The number of aryl methyl sites for hydroxylation is 3. The number of unbranched alkanes of at least 4 members (excludes halogenated alkanes) is 30. The Hall–Kier alpha value is -3.96. The lowest BCUT2D eigenvalue weighted by atomic mass is 9.75. The van der Waals surface area contributed by atoms with Gasteiger partial charge in [0.15, 0.2) is 0 Å². The molecule has 0 bridgehead atoms. The molecule has 3 N–H and O–H groups in total. The number of hydrogen-bond acceptors (Lipinski definition) is 5. The van der Waals surface area contributed by atoms with Crippen LogP contribution in [-0.2, 0) is 35.0 Å². The molecule has 558 valence electrons. The average molecular weight is 1350 g/mol. The second kappa shape index (κ2) is 50.4. The molecule has 98 heavy (non-hydrogen) atoms. The second-order valence-corrected chi connectivity index (χ2v) is 34.1. The van der Waals surface area contributed by atoms with E-state index < -0.39 is 0 Å². The van der Waals surface area contributed by atoms with E-state index in [0.717, 1.165) is 41.2 Å². The SMILES string of the molecule is CC(C)(C)Oc1ccccc1.CCCCCCCCCCCCCCCCCCc1cc(C)cc(CCCCCCCCCCCCCCCCCC)c1O.COCc1cc(C(C)(C)C)c(O)c(C(C)(C)C)c1.Oc1c(C2CCCCC2)cc(C2CCCCC2)cc1C1CCCCC1. The molecule has 0 amide bonds. The lowest BCUT2D eigenvalue weighted by Crippen LogP contribution is -2.22. The Morgan fingerprint density at radius 3 is 0.990 bits per heavy atom. The van der Waals surface area contributed by atoms with Crippen LogP contribution in [0.25, 0.3) is 0 Å². The van der Waals surface area contributed by atoms with Crippen molar-refractivity contribution in [1.82, 2.24) is 0 Å². The molecule has 0 atom stereocenters. The summed E-state index contributed by atoms with van der Waals surface area (Å²) in [6.07, 6.45) is 67.3. The number of phenols is 3. The zero-order valence-corrected chi connectivity index (χ0v) is 66.6. The predicted molar refractivity (Wildman–Crippen MR) is 428 cm³/mol. The van der Waals surface area contributed by atoms with Crippen molar-refractivity contribution in [3.8, 4) is 23.0 Å². The van der Waals surface area contributed by atoms with Crippen molar-refractivity contribution >= 4 is 0 Å². The molecule has 4 aromatic carbocycles. The van der Waals surface area contributed by atoms with E-state index in [2.05, 4.69) is 86.6 Å². The molecule has 0 heterocycles. The van der Waals surface area contributed by atoms with Gasteiger partial charge in [-0.05, 0) is 189 Å². The number of methoxy groups -OCH3 is 1. The van der Waals surface area contributed by atoms with Crippen LogP contribution in [0.4, 0.5) is 0 Å². The fraction of sp³-hybridized carbons (Fsp3) is 0.742. The van der Waals surface area contributed by atoms with Gasteiger partial charge >= 0.3 is 0 Å². The van der Waals surface area contributed by atoms with E-state index in [0.29, 0.717) is 35.7 Å². The first-order chi connectivity index (χ1) is 47.2. The Morgan fingerprint density at radius 2 is 0.684 bits per heavy atom. The highest BCUT2D eigenvalue weighted by molar-refractivity contribution is 5.51. The lowest BCUT2D eigenvalue weighted by Gasteiger charge is -2.30. The summed E-state index contributed by atoms with van der Waals surface area (Å²) in [6, 6.07) is 23.3. The van der Waals surface area contributed by atoms with Gasteiger partial charge in [-0.25, -0.2) is 0 Å². The van der Waals surface area contributed by atoms with Gasteiger partial charge in [-0.15, -0.1) is 0 Å². The molecule has 0 saturated heterocycles. The fourth-order valence-corrected chi connectivity index (χ4v) is 15.8. The van der Waals surface area contributed by atoms with Crippen molar-refractivity contribution < 1.29 is 24.8 Å². The summed E-state index contributed by atoms with van der Waals surface area (Å²) in [5, 5.41) is 32.7. The molecule has 0 radical (unpaired) electrons. The number of phenolic OH excluding ortho intramolecular Hbond substituents is 3. The number of aromatic hydroxyl groups is 3. The molecule has 0 unspecified atom stereocenters. The summed E-state index contributed by atoms with van der Waals surface area (Å²) < 4.78 is 10.8. The average Bonchev–Trinajstić information content (AvgIpc) is 0.795. The van der Waals surface area contributed by atoms with Crippen molar-refractivity contribution in [1.29, 1.82) is 0 Å². The van der Waals surface area contributed by atoms with E-state index in [1.54, 1.807) is 12.7 Å². The summed E-state index contributed by atoms with van der Waals surface area (Å²) in [6.45, 7) is 26.2. The van der Waals surface area contributed by atoms with Crippen molar-refractivity contribution in [2.24, 2.45) is 0 Å². The highest BCUT2D eigenvalue weighted by atomic mass is 16.5. The third-order valence-electron chi connectivity index (χ3n) is 21.6. The Balaban J connectivity index is 0.000000313. The minimum Gasteiger partial charge on any atom is -0.507 e. The zero-order chi connectivity index (χ0) is 71.3. The molecular weight excluding hydrogens is 1200 g/mol. The molecule has 0 aliphatic heterocycles. The Morgan fingerprint density at radius 1 is 0.367 bits per heavy atom. The van der Waals surface area contributed by atoms with Crippen LogP contribution in [-0.4, -0.2) is 28.0 Å². The van der Waals surface area contributed by atoms with Crippen molar-refractivity contribution in [2.45, 2.75) is 438 Å². The van der Waals surface area contributed by atoms with E-state index in [1.807, 2.05) is 63.2 Å². The van der Waals surface area contributed by atoms with E-state index in [4.69, 9.17) is 9.47 Å². The summed E-state index contributed by atoms with van der Waals surface area (Å²) >= 11 is 0. The number of ether oxygens (including phenoxy) is 2. The highest BCUT2D eigenvalue weighted by Gasteiger charge is 2.29. The van der Waals surface area contributed by atoms with Crippen molar-refractivity contribution in [3.05, 3.63) is 117 Å². The maximum Gasteiger partial charge on any atom is 0.123 e. The molecule has 5 heteroatoms. The minimum atomic E-state index is -0.0959. The first-order valence-corrected chi connectivity index (χ1v) is 41.9. The first kappa shape index (κ1) is 86.4. The largest absolute Gasteiger partial charge is 0.507 e. The molecular formula is C93H156O5. The quantitative estimate of drug-likeness (QED) is 0.0387. The molecule has 3 saturated carbocycles. The van der Waals surface area contributed by atoms with Crippen LogP contribution in [0.3, 0.4) is 0 Å². The van der Waals surface area contributed by atoms with Gasteiger partial charge < -0.3 is 24.8 Å². The Bertz CT molecular complexity index is 2480. The summed E-state index contributed by atoms with van der Waals surface area (Å²) in [5.74, 6) is 4.63. The number of hydrogen-bond donors (Lipinski definition) is 3. The minimum absolute atomic E-state index is 0.0756. The van der Waals surface area contributed by atoms with Gasteiger partial charge in [-0.1, -0.05) is 354 Å². The van der Waals surface area contributed by atoms with E-state index in [1.165, 1.54) is 330 Å². The Labute approximate surface area is 606 Å². The first-order valence-electron chi connectivity index (χ1n) is 41.9. The zero-order valence-electron chi connectivity index (χ0n) is 66.6. The molecule has 0 spiro atoms. The highest BCUT2D eigenvalue weighted by Crippen LogP contribution is 2.47. The van der Waals surface area contributed by atoms with Crippen LogP contribution >= 0.6 is 0 Å². The maximum absolute atomic E-state index is 11.2. The van der Waals surface area contributed by atoms with Crippen molar-refractivity contribution in [2.75, 3.05) is 7.11 Å². The van der Waals surface area contributed by atoms with Gasteiger partial charge in [0.1, 0.15) is 28.6 Å². The molecule has 4 aromatic rings. The normalized spacial score (nSPS) is 15.0. The van der Waals surface area contributed by atoms with Crippen molar-refractivity contribution in [3.63, 3.8) is 0 Å². The summed E-state index contributed by atoms with van der Waals surface area (Å²) in [5.41, 5.74) is 10.8. The van der Waals surface area contributed by atoms with E-state index in [-0.39, 0.29) is 16.4 Å². The second-order valence-electron chi connectivity index (χ2n) is 34.1. The molecule has 3 fully saturated rings. The van der Waals surface area contributed by atoms with Gasteiger partial charge in [-0.3, -0.25) is 0 Å². The molecule has 3 aliphatic carbocycles. The number of para-hydroxylation sites is 1. The predicted octanol–water partition coefficient (Wildman–Crippen LogP) is 29.8. The third-order valence-corrected chi connectivity index (χ3v) is 21.6. The summed E-state index contributed by atoms with van der Waals surface area (Å²) in [4.78, 5) is 0. The smallest absolute Gasteiger partial charge is 0.123 e. The third kappa shape index (κ3) is 36.8. The van der Waals surface area contributed by atoms with Gasteiger partial charge in [-0.2, -0.15) is 0 Å². The summed E-state index contributed by atoms with van der Waals surface area (Å²) in [7, 11) is 1.69. The molecule has 0 aromatic heterocycles. The maximum atomic E-state index is 11.2. The van der Waals surface area contributed by atoms with Crippen LogP contribution in [0.1, 0.15) is 446 Å². The number of rotatable bonds is 40. The van der Waals surface area contributed by atoms with Crippen LogP contribution in [0, 0.1) is 6.92 Å². The van der Waals surface area contributed by atoms with Crippen LogP contribution in [0.15, 0.2) is 66.7 Å². The molecule has 7 rings (SSSR count). The molecule has 5 nitrogen and oxygen atoms in total.